The highest BCUT2D eigenvalue weighted by Gasteiger charge is 2.52. The third kappa shape index (κ3) is 5.47. The maximum Gasteiger partial charge on any atom is 0.311 e. The molecular weight excluding hydrogens is 414 g/mol. The van der Waals surface area contributed by atoms with Crippen molar-refractivity contribution in [3.8, 4) is 0 Å². The van der Waals surface area contributed by atoms with Gasteiger partial charge in [-0.2, -0.15) is 0 Å². The second-order valence-corrected chi connectivity index (χ2v) is 10.8. The zero-order valence-electron chi connectivity index (χ0n) is 21.0. The third-order valence-electron chi connectivity index (χ3n) is 7.78. The van der Waals surface area contributed by atoms with E-state index in [1.54, 1.807) is 20.8 Å². The number of carbonyl (C=O) groups is 1. The Bertz CT molecular complexity index is 644. The van der Waals surface area contributed by atoms with Gasteiger partial charge in [0.25, 0.3) is 0 Å². The topological polar surface area (TPSA) is 120 Å². The van der Waals surface area contributed by atoms with E-state index in [9.17, 15) is 25.2 Å². The molecule has 2 rings (SSSR count). The first kappa shape index (κ1) is 27.5. The number of hydrogen-bond donors (Lipinski definition) is 4. The van der Waals surface area contributed by atoms with Crippen molar-refractivity contribution in [3.05, 3.63) is 0 Å². The molecule has 8 heteroatoms. The molecule has 2 heterocycles. The molecule has 11 atom stereocenters. The Labute approximate surface area is 192 Å². The molecule has 2 fully saturated rings. The average Bonchev–Trinajstić information content (AvgIpc) is 3.00. The molecule has 188 valence electrons. The lowest BCUT2D eigenvalue weighted by Gasteiger charge is -2.42. The van der Waals surface area contributed by atoms with Crippen LogP contribution in [0.4, 0.5) is 0 Å². The molecular formula is C24H45NO7. The largest absolute Gasteiger partial charge is 0.459 e. The van der Waals surface area contributed by atoms with Crippen molar-refractivity contribution in [3.63, 3.8) is 0 Å². The number of nitrogens with zero attached hydrogens (tertiary/aromatic N) is 1. The Morgan fingerprint density at radius 2 is 1.69 bits per heavy atom. The number of esters is 1. The number of rotatable bonds is 1. The summed E-state index contributed by atoms with van der Waals surface area (Å²) in [6.45, 7) is 13.0. The summed E-state index contributed by atoms with van der Waals surface area (Å²) in [6.07, 6.45) is -2.77. The zero-order valence-corrected chi connectivity index (χ0v) is 21.0. The number of carbonyl (C=O) groups excluding carboxylic acids is 1. The minimum absolute atomic E-state index is 0.0627. The molecule has 0 amide bonds. The molecule has 8 nitrogen and oxygen atoms in total. The van der Waals surface area contributed by atoms with Crippen LogP contribution in [0.25, 0.3) is 0 Å². The van der Waals surface area contributed by atoms with Crippen molar-refractivity contribution < 1.29 is 34.7 Å². The number of ether oxygens (including phenoxy) is 2. The van der Waals surface area contributed by atoms with Crippen LogP contribution in [0.2, 0.25) is 0 Å². The molecule has 1 unspecified atom stereocenters. The molecule has 2 aliphatic rings. The Morgan fingerprint density at radius 1 is 1.09 bits per heavy atom. The van der Waals surface area contributed by atoms with Gasteiger partial charge in [0.2, 0.25) is 0 Å². The smallest absolute Gasteiger partial charge is 0.311 e. The molecule has 0 aromatic heterocycles. The van der Waals surface area contributed by atoms with Gasteiger partial charge in [0.1, 0.15) is 17.8 Å². The van der Waals surface area contributed by atoms with Crippen molar-refractivity contribution in [1.29, 1.82) is 0 Å². The van der Waals surface area contributed by atoms with Gasteiger partial charge >= 0.3 is 5.97 Å². The van der Waals surface area contributed by atoms with E-state index in [0.29, 0.717) is 25.8 Å². The Morgan fingerprint density at radius 3 is 2.25 bits per heavy atom. The molecule has 0 radical (unpaired) electrons. The number of likely N-dealkylation sites (N-methyl/N-ethyl adjacent to an activating group) is 1. The quantitative estimate of drug-likeness (QED) is 0.434. The first-order valence-electron chi connectivity index (χ1n) is 12.0. The van der Waals surface area contributed by atoms with Gasteiger partial charge in [-0.1, -0.05) is 20.8 Å². The molecule has 0 aromatic rings. The van der Waals surface area contributed by atoms with Crippen LogP contribution in [-0.2, 0) is 14.3 Å². The number of fused-ring (bicyclic) bond motifs is 1. The average molecular weight is 460 g/mol. The second-order valence-electron chi connectivity index (χ2n) is 10.8. The first-order chi connectivity index (χ1) is 14.7. The Hall–Kier alpha value is -0.770. The molecule has 0 aliphatic carbocycles. The van der Waals surface area contributed by atoms with Gasteiger partial charge in [0, 0.05) is 24.9 Å². The van der Waals surface area contributed by atoms with Crippen LogP contribution in [0, 0.1) is 17.8 Å². The molecule has 32 heavy (non-hydrogen) atoms. The van der Waals surface area contributed by atoms with Gasteiger partial charge in [0.15, 0.2) is 0 Å². The standard InChI is InChI=1S/C24H45NO7/c1-9-18-23(7,29)20(27)17(6)25(8)12-13(2)10-24(30)11-14(3)31-21(24)15(4)19(26)16(5)22(28)32-18/h13-21,26-27,29-30H,9-12H2,1-8H3/t13-,14?,15+,16-,17-,18-,19+,20-,21-,23-,24+/m1/s1. The van der Waals surface area contributed by atoms with E-state index in [4.69, 9.17) is 9.47 Å². The van der Waals surface area contributed by atoms with Crippen molar-refractivity contribution in [2.45, 2.75) is 115 Å². The van der Waals surface area contributed by atoms with Crippen molar-refractivity contribution in [2.24, 2.45) is 17.8 Å². The number of aliphatic hydroxyl groups is 4. The number of hydrogen-bond acceptors (Lipinski definition) is 8. The molecule has 0 saturated carbocycles. The van der Waals surface area contributed by atoms with Gasteiger partial charge < -0.3 is 34.8 Å². The molecule has 0 bridgehead atoms. The minimum Gasteiger partial charge on any atom is -0.459 e. The molecule has 0 aromatic carbocycles. The fourth-order valence-electron chi connectivity index (χ4n) is 5.73. The van der Waals surface area contributed by atoms with E-state index in [1.807, 2.05) is 32.7 Å². The lowest BCUT2D eigenvalue weighted by molar-refractivity contribution is -0.193. The van der Waals surface area contributed by atoms with Crippen molar-refractivity contribution >= 4 is 5.97 Å². The maximum atomic E-state index is 12.9. The van der Waals surface area contributed by atoms with E-state index in [1.165, 1.54) is 6.92 Å². The predicted molar refractivity (Wildman–Crippen MR) is 121 cm³/mol. The van der Waals surface area contributed by atoms with Gasteiger partial charge in [-0.3, -0.25) is 4.79 Å². The van der Waals surface area contributed by atoms with Crippen LogP contribution >= 0.6 is 0 Å². The fraction of sp³-hybridized carbons (Fsp3) is 0.958. The van der Waals surface area contributed by atoms with Gasteiger partial charge in [-0.05, 0) is 53.5 Å². The van der Waals surface area contributed by atoms with Crippen LogP contribution in [0.5, 0.6) is 0 Å². The first-order valence-corrected chi connectivity index (χ1v) is 12.0. The van der Waals surface area contributed by atoms with E-state index in [2.05, 4.69) is 0 Å². The van der Waals surface area contributed by atoms with Crippen LogP contribution in [0.1, 0.15) is 67.7 Å². The highest BCUT2D eigenvalue weighted by Crippen LogP contribution is 2.41. The Kier molecular flexibility index (Phi) is 8.79. The lowest BCUT2D eigenvalue weighted by atomic mass is 9.76. The van der Waals surface area contributed by atoms with E-state index in [-0.39, 0.29) is 12.0 Å². The summed E-state index contributed by atoms with van der Waals surface area (Å²) >= 11 is 0. The van der Waals surface area contributed by atoms with E-state index < -0.39 is 59.5 Å². The van der Waals surface area contributed by atoms with Crippen molar-refractivity contribution in [2.75, 3.05) is 13.6 Å². The van der Waals surface area contributed by atoms with Crippen LogP contribution in [-0.4, -0.2) is 92.7 Å². The summed E-state index contributed by atoms with van der Waals surface area (Å²) in [6, 6.07) is -0.420. The van der Waals surface area contributed by atoms with E-state index in [0.717, 1.165) is 0 Å². The highest BCUT2D eigenvalue weighted by molar-refractivity contribution is 5.73. The molecule has 4 N–H and O–H groups in total. The minimum atomic E-state index is -1.68. The van der Waals surface area contributed by atoms with E-state index >= 15 is 0 Å². The summed E-state index contributed by atoms with van der Waals surface area (Å²) in [5.41, 5.74) is -2.81. The van der Waals surface area contributed by atoms with Crippen LogP contribution in [0.3, 0.4) is 0 Å². The highest BCUT2D eigenvalue weighted by atomic mass is 16.6. The summed E-state index contributed by atoms with van der Waals surface area (Å²) < 4.78 is 11.7. The summed E-state index contributed by atoms with van der Waals surface area (Å²) in [5, 5.41) is 44.8. The predicted octanol–water partition coefficient (Wildman–Crippen LogP) is 1.32. The second kappa shape index (κ2) is 10.2. The summed E-state index contributed by atoms with van der Waals surface area (Å²) in [4.78, 5) is 14.9. The normalized spacial score (nSPS) is 50.2. The number of cyclic esters (lactones) is 1. The van der Waals surface area contributed by atoms with Gasteiger partial charge in [-0.15, -0.1) is 0 Å². The summed E-state index contributed by atoms with van der Waals surface area (Å²) in [7, 11) is 1.87. The molecule has 2 saturated heterocycles. The van der Waals surface area contributed by atoms with Gasteiger partial charge in [-0.25, -0.2) is 0 Å². The lowest BCUT2D eigenvalue weighted by Crippen LogP contribution is -2.59. The zero-order chi connectivity index (χ0) is 24.6. The fourth-order valence-corrected chi connectivity index (χ4v) is 5.73. The molecule has 0 spiro atoms. The number of aliphatic hydroxyl groups excluding tert-OH is 2. The monoisotopic (exact) mass is 459 g/mol. The molecule has 2 aliphatic heterocycles. The van der Waals surface area contributed by atoms with Crippen LogP contribution in [0.15, 0.2) is 0 Å². The Balaban J connectivity index is 2.45. The third-order valence-corrected chi connectivity index (χ3v) is 7.78. The SMILES string of the molecule is CC[C@H]1OC(=O)[C@H](C)[C@@H](O)[C@H](C)[C@H]2OC(C)C[C@@]2(O)C[C@@H](C)CN(C)[C@H](C)[C@@H](O)[C@]1(C)O. The maximum absolute atomic E-state index is 12.9. The van der Waals surface area contributed by atoms with Gasteiger partial charge in [0.05, 0.1) is 29.8 Å². The summed E-state index contributed by atoms with van der Waals surface area (Å²) in [5.74, 6) is -1.98. The van der Waals surface area contributed by atoms with Crippen LogP contribution < -0.4 is 0 Å². The van der Waals surface area contributed by atoms with Crippen molar-refractivity contribution in [1.82, 2.24) is 4.90 Å².